The minimum Gasteiger partial charge on any atom is -0.370 e. The molecule has 6 nitrogen and oxygen atoms in total. The molecular weight excluding hydrogens is 278 g/mol. The molecule has 0 saturated heterocycles. The van der Waals surface area contributed by atoms with Crippen molar-refractivity contribution in [2.75, 3.05) is 5.32 Å². The Morgan fingerprint density at radius 3 is 2.65 bits per heavy atom. The molecule has 1 amide bonds. The Kier molecular flexibility index (Phi) is 3.56. The van der Waals surface area contributed by atoms with Crippen molar-refractivity contribution in [2.45, 2.75) is 31.6 Å². The van der Waals surface area contributed by atoms with Gasteiger partial charge in [-0.1, -0.05) is 26.0 Å². The zero-order valence-electron chi connectivity index (χ0n) is 11.4. The number of fused-ring (bicyclic) bond motifs is 1. The van der Waals surface area contributed by atoms with Crippen molar-refractivity contribution >= 4 is 27.5 Å². The lowest BCUT2D eigenvalue weighted by molar-refractivity contribution is -0.119. The fourth-order valence-electron chi connectivity index (χ4n) is 2.23. The second kappa shape index (κ2) is 4.90. The van der Waals surface area contributed by atoms with Crippen LogP contribution in [0.5, 0.6) is 0 Å². The van der Waals surface area contributed by atoms with E-state index in [0.29, 0.717) is 17.9 Å². The Labute approximate surface area is 118 Å². The van der Waals surface area contributed by atoms with Crippen LogP contribution in [0.15, 0.2) is 33.6 Å². The van der Waals surface area contributed by atoms with Gasteiger partial charge in [0.1, 0.15) is 10.7 Å². The van der Waals surface area contributed by atoms with Crippen molar-refractivity contribution in [3.8, 4) is 0 Å². The summed E-state index contributed by atoms with van der Waals surface area (Å²) in [4.78, 5) is 11.2. The van der Waals surface area contributed by atoms with Crippen LogP contribution in [-0.2, 0) is 14.8 Å². The molecule has 1 aliphatic heterocycles. The number of primary amides is 1. The van der Waals surface area contributed by atoms with Gasteiger partial charge in [0.25, 0.3) is 10.0 Å². The summed E-state index contributed by atoms with van der Waals surface area (Å²) in [7, 11) is -3.68. The minimum atomic E-state index is -3.68. The average Bonchev–Trinajstić information content (AvgIpc) is 2.25. The summed E-state index contributed by atoms with van der Waals surface area (Å²) in [6.45, 7) is 3.68. The number of nitrogens with two attached hydrogens (primary N) is 1. The Balaban J connectivity index is 2.29. The summed E-state index contributed by atoms with van der Waals surface area (Å²) in [5.74, 6) is -0.0929. The van der Waals surface area contributed by atoms with E-state index in [2.05, 4.69) is 9.71 Å². The molecule has 0 unspecified atom stereocenters. The summed E-state index contributed by atoms with van der Waals surface area (Å²) < 4.78 is 27.9. The summed E-state index contributed by atoms with van der Waals surface area (Å²) in [6, 6.07) is 6.59. The number of para-hydroxylation sites is 1. The summed E-state index contributed by atoms with van der Waals surface area (Å²) in [5.41, 5.74) is 5.24. The monoisotopic (exact) mass is 295 g/mol. The van der Waals surface area contributed by atoms with Crippen LogP contribution in [-0.4, -0.2) is 20.2 Å². The summed E-state index contributed by atoms with van der Waals surface area (Å²) in [5, 5.41) is 3.00. The van der Waals surface area contributed by atoms with Gasteiger partial charge in [0, 0.05) is 12.8 Å². The van der Waals surface area contributed by atoms with Crippen LogP contribution >= 0.6 is 0 Å². The molecule has 0 atom stereocenters. The lowest BCUT2D eigenvalue weighted by atomic mass is 9.85. The van der Waals surface area contributed by atoms with Gasteiger partial charge in [-0.3, -0.25) is 4.79 Å². The van der Waals surface area contributed by atoms with Crippen molar-refractivity contribution < 1.29 is 13.2 Å². The van der Waals surface area contributed by atoms with E-state index in [9.17, 15) is 13.2 Å². The SMILES string of the molecule is CC(C)(CC(N)=O)CC1=NS(=O)(=O)c2ccccc2N1. The van der Waals surface area contributed by atoms with E-state index >= 15 is 0 Å². The topological polar surface area (TPSA) is 102 Å². The molecule has 3 N–H and O–H groups in total. The normalized spacial score (nSPS) is 16.8. The number of carbonyl (C=O) groups is 1. The molecule has 7 heteroatoms. The zero-order valence-corrected chi connectivity index (χ0v) is 12.2. The third-order valence-electron chi connectivity index (χ3n) is 2.97. The van der Waals surface area contributed by atoms with Gasteiger partial charge in [0.15, 0.2) is 0 Å². The fraction of sp³-hybridized carbons (Fsp3) is 0.385. The van der Waals surface area contributed by atoms with Gasteiger partial charge in [-0.05, 0) is 17.5 Å². The van der Waals surface area contributed by atoms with Crippen molar-refractivity contribution in [2.24, 2.45) is 15.5 Å². The molecule has 1 aromatic rings. The van der Waals surface area contributed by atoms with Crippen LogP contribution in [0.3, 0.4) is 0 Å². The molecule has 0 radical (unpaired) electrons. The molecule has 0 bridgehead atoms. The number of hydrogen-bond acceptors (Lipinski definition) is 4. The first-order chi connectivity index (χ1) is 9.20. The highest BCUT2D eigenvalue weighted by molar-refractivity contribution is 7.90. The fourth-order valence-corrected chi connectivity index (χ4v) is 3.38. The number of rotatable bonds is 4. The van der Waals surface area contributed by atoms with Gasteiger partial charge in [0.2, 0.25) is 5.91 Å². The number of amides is 1. The van der Waals surface area contributed by atoms with E-state index in [1.165, 1.54) is 6.07 Å². The van der Waals surface area contributed by atoms with E-state index in [1.807, 2.05) is 13.8 Å². The molecule has 1 aliphatic rings. The Morgan fingerprint density at radius 2 is 2.00 bits per heavy atom. The first kappa shape index (κ1) is 14.5. The van der Waals surface area contributed by atoms with Crippen molar-refractivity contribution in [1.82, 2.24) is 0 Å². The molecule has 2 rings (SSSR count). The number of carbonyl (C=O) groups excluding carboxylic acids is 1. The molecule has 0 fully saturated rings. The molecule has 0 saturated carbocycles. The smallest absolute Gasteiger partial charge is 0.286 e. The Morgan fingerprint density at radius 1 is 1.35 bits per heavy atom. The first-order valence-corrected chi connectivity index (χ1v) is 7.62. The van der Waals surface area contributed by atoms with Crippen LogP contribution in [0.25, 0.3) is 0 Å². The molecule has 0 spiro atoms. The number of nitrogens with zero attached hydrogens (tertiary/aromatic N) is 1. The van der Waals surface area contributed by atoms with Gasteiger partial charge in [-0.25, -0.2) is 0 Å². The predicted octanol–water partition coefficient (Wildman–Crippen LogP) is 1.49. The largest absolute Gasteiger partial charge is 0.370 e. The maximum atomic E-state index is 12.1. The molecule has 108 valence electrons. The molecule has 20 heavy (non-hydrogen) atoms. The molecule has 1 heterocycles. The number of hydrogen-bond donors (Lipinski definition) is 2. The van der Waals surface area contributed by atoms with Gasteiger partial charge in [-0.15, -0.1) is 4.40 Å². The number of anilines is 1. The molecule has 0 aliphatic carbocycles. The Bertz CT molecular complexity index is 678. The lowest BCUT2D eigenvalue weighted by Crippen LogP contribution is -2.30. The number of benzene rings is 1. The predicted molar refractivity (Wildman–Crippen MR) is 76.9 cm³/mol. The average molecular weight is 295 g/mol. The summed E-state index contributed by atoms with van der Waals surface area (Å²) >= 11 is 0. The second-order valence-electron chi connectivity index (χ2n) is 5.62. The van der Waals surface area contributed by atoms with E-state index in [-0.39, 0.29) is 11.3 Å². The van der Waals surface area contributed by atoms with Crippen LogP contribution in [0.4, 0.5) is 5.69 Å². The summed E-state index contributed by atoms with van der Waals surface area (Å²) in [6.07, 6.45) is 0.485. The highest BCUT2D eigenvalue weighted by Gasteiger charge is 2.29. The lowest BCUT2D eigenvalue weighted by Gasteiger charge is -2.26. The minimum absolute atomic E-state index is 0.162. The number of nitrogens with one attached hydrogen (secondary N) is 1. The van der Waals surface area contributed by atoms with Crippen molar-refractivity contribution in [3.63, 3.8) is 0 Å². The Hall–Kier alpha value is -1.89. The van der Waals surface area contributed by atoms with Crippen LogP contribution in [0, 0.1) is 5.41 Å². The number of sulfonamides is 1. The van der Waals surface area contributed by atoms with Gasteiger partial charge in [0.05, 0.1) is 5.69 Å². The van der Waals surface area contributed by atoms with Crippen LogP contribution in [0.2, 0.25) is 0 Å². The molecule has 1 aromatic carbocycles. The second-order valence-corrected chi connectivity index (χ2v) is 7.19. The van der Waals surface area contributed by atoms with E-state index in [1.54, 1.807) is 18.2 Å². The number of amidine groups is 1. The first-order valence-electron chi connectivity index (χ1n) is 6.18. The van der Waals surface area contributed by atoms with Crippen molar-refractivity contribution in [3.05, 3.63) is 24.3 Å². The van der Waals surface area contributed by atoms with E-state index in [0.717, 1.165) is 0 Å². The molecule has 0 aromatic heterocycles. The third-order valence-corrected chi connectivity index (χ3v) is 4.35. The highest BCUT2D eigenvalue weighted by atomic mass is 32.2. The van der Waals surface area contributed by atoms with Gasteiger partial charge < -0.3 is 11.1 Å². The van der Waals surface area contributed by atoms with Crippen molar-refractivity contribution in [1.29, 1.82) is 0 Å². The molecular formula is C13H17N3O3S. The van der Waals surface area contributed by atoms with E-state index in [4.69, 9.17) is 5.73 Å². The van der Waals surface area contributed by atoms with Gasteiger partial charge in [-0.2, -0.15) is 8.42 Å². The van der Waals surface area contributed by atoms with Gasteiger partial charge >= 0.3 is 0 Å². The maximum absolute atomic E-state index is 12.1. The van der Waals surface area contributed by atoms with E-state index < -0.39 is 21.3 Å². The third kappa shape index (κ3) is 3.16. The standard InChI is InChI=1S/C13H17N3O3S/c1-13(2,7-11(14)17)8-12-15-9-5-3-4-6-10(9)20(18,19)16-12/h3-6H,7-8H2,1-2H3,(H2,14,17)(H,15,16). The zero-order chi connectivity index (χ0) is 15.0. The maximum Gasteiger partial charge on any atom is 0.286 e. The highest BCUT2D eigenvalue weighted by Crippen LogP contribution is 2.31. The quantitative estimate of drug-likeness (QED) is 0.878. The van der Waals surface area contributed by atoms with Crippen LogP contribution in [0.1, 0.15) is 26.7 Å². The van der Waals surface area contributed by atoms with Crippen LogP contribution < -0.4 is 11.1 Å².